The van der Waals surface area contributed by atoms with E-state index in [2.05, 4.69) is 10.3 Å². The number of aryl methyl sites for hydroxylation is 1. The van der Waals surface area contributed by atoms with Crippen LogP contribution in [0.5, 0.6) is 0 Å². The summed E-state index contributed by atoms with van der Waals surface area (Å²) in [6, 6.07) is 12.8. The van der Waals surface area contributed by atoms with Crippen LogP contribution in [0.25, 0.3) is 0 Å². The van der Waals surface area contributed by atoms with E-state index in [1.54, 1.807) is 24.3 Å². The zero-order valence-electron chi connectivity index (χ0n) is 16.1. The number of Topliss-reactive ketones (excluding diaryl/α,β-unsaturated/α-hetero) is 1. The van der Waals surface area contributed by atoms with Crippen LogP contribution in [0, 0.1) is 12.3 Å². The van der Waals surface area contributed by atoms with E-state index in [1.165, 1.54) is 0 Å². The van der Waals surface area contributed by atoms with Crippen molar-refractivity contribution >= 4 is 23.3 Å². The molecule has 0 aliphatic heterocycles. The van der Waals surface area contributed by atoms with Crippen molar-refractivity contribution in [1.82, 2.24) is 10.3 Å². The van der Waals surface area contributed by atoms with Crippen LogP contribution in [-0.4, -0.2) is 22.2 Å². The highest BCUT2D eigenvalue weighted by atomic mass is 35.5. The van der Waals surface area contributed by atoms with Crippen molar-refractivity contribution in [2.75, 3.05) is 0 Å². The Labute approximate surface area is 170 Å². The fourth-order valence-corrected chi connectivity index (χ4v) is 5.22. The molecule has 1 aromatic carbocycles. The zero-order valence-corrected chi connectivity index (χ0v) is 16.9. The van der Waals surface area contributed by atoms with Crippen LogP contribution in [0.2, 0.25) is 5.02 Å². The number of pyridine rings is 1. The number of ketones is 1. The monoisotopic (exact) mass is 396 g/mol. The van der Waals surface area contributed by atoms with Crippen LogP contribution < -0.4 is 5.32 Å². The van der Waals surface area contributed by atoms with Gasteiger partial charge in [0.15, 0.2) is 0 Å². The maximum Gasteiger partial charge on any atom is 0.251 e. The Morgan fingerprint density at radius 2 is 1.93 bits per heavy atom. The highest BCUT2D eigenvalue weighted by Crippen LogP contribution is 2.54. The molecule has 4 nitrogen and oxygen atoms in total. The first-order chi connectivity index (χ1) is 13.4. The molecule has 2 atom stereocenters. The summed E-state index contributed by atoms with van der Waals surface area (Å²) in [4.78, 5) is 30.5. The lowest BCUT2D eigenvalue weighted by molar-refractivity contribution is -0.129. The Morgan fingerprint density at radius 1 is 1.11 bits per heavy atom. The van der Waals surface area contributed by atoms with Gasteiger partial charge in [-0.1, -0.05) is 30.2 Å². The van der Waals surface area contributed by atoms with E-state index in [9.17, 15) is 9.59 Å². The minimum atomic E-state index is -0.328. The summed E-state index contributed by atoms with van der Waals surface area (Å²) in [6.07, 6.45) is 5.60. The molecule has 2 aliphatic rings. The third-order valence-corrected chi connectivity index (χ3v) is 6.65. The van der Waals surface area contributed by atoms with Crippen LogP contribution in [-0.2, 0) is 11.2 Å². The number of hydrogen-bond acceptors (Lipinski definition) is 3. The van der Waals surface area contributed by atoms with E-state index in [-0.39, 0.29) is 22.6 Å². The largest absolute Gasteiger partial charge is 0.347 e. The first-order valence-electron chi connectivity index (χ1n) is 9.94. The van der Waals surface area contributed by atoms with Crippen LogP contribution in [0.3, 0.4) is 0 Å². The summed E-state index contributed by atoms with van der Waals surface area (Å²) in [5.41, 5.74) is 1.73. The first-order valence-corrected chi connectivity index (χ1v) is 10.3. The number of hydrogen-bond donors (Lipinski definition) is 1. The predicted octanol–water partition coefficient (Wildman–Crippen LogP) is 4.68. The van der Waals surface area contributed by atoms with E-state index in [1.807, 2.05) is 25.1 Å². The van der Waals surface area contributed by atoms with E-state index in [0.717, 1.165) is 49.9 Å². The van der Waals surface area contributed by atoms with Crippen molar-refractivity contribution in [2.45, 2.75) is 57.4 Å². The second-order valence-electron chi connectivity index (χ2n) is 8.43. The molecule has 1 aromatic heterocycles. The number of nitrogens with one attached hydrogen (secondary N) is 1. The lowest BCUT2D eigenvalue weighted by Crippen LogP contribution is -2.50. The summed E-state index contributed by atoms with van der Waals surface area (Å²) in [6.45, 7) is 1.94. The third-order valence-electron chi connectivity index (χ3n) is 6.41. The average molecular weight is 397 g/mol. The Kier molecular flexibility index (Phi) is 5.00. The summed E-state index contributed by atoms with van der Waals surface area (Å²) >= 11 is 6.03. The standard InChI is InChI=1S/C23H25ClN2O2/c1-16-5-2-8-19(25-16)14-20(27)22-9-4-10-23(15-22,12-11-22)26-21(28)17-6-3-7-18(24)13-17/h2-3,5-8,13H,4,9-12,14-15H2,1H3,(H,26,28). The van der Waals surface area contributed by atoms with Crippen molar-refractivity contribution in [3.63, 3.8) is 0 Å². The van der Waals surface area contributed by atoms with Gasteiger partial charge in [0.2, 0.25) is 0 Å². The van der Waals surface area contributed by atoms with Gasteiger partial charge in [0.25, 0.3) is 5.91 Å². The summed E-state index contributed by atoms with van der Waals surface area (Å²) in [5, 5.41) is 3.81. The second kappa shape index (κ2) is 7.32. The van der Waals surface area contributed by atoms with Gasteiger partial charge in [0.1, 0.15) is 5.78 Å². The van der Waals surface area contributed by atoms with Gasteiger partial charge in [-0.3, -0.25) is 14.6 Å². The highest BCUT2D eigenvalue weighted by molar-refractivity contribution is 6.30. The molecular formula is C23H25ClN2O2. The first kappa shape index (κ1) is 19.1. The number of benzene rings is 1. The molecule has 2 aliphatic carbocycles. The zero-order chi connectivity index (χ0) is 19.8. The van der Waals surface area contributed by atoms with Gasteiger partial charge in [0, 0.05) is 39.3 Å². The fourth-order valence-electron chi connectivity index (χ4n) is 5.03. The number of nitrogens with zero attached hydrogens (tertiary/aromatic N) is 1. The van der Waals surface area contributed by atoms with Crippen LogP contribution in [0.4, 0.5) is 0 Å². The average Bonchev–Trinajstić information content (AvgIpc) is 2.93. The highest BCUT2D eigenvalue weighted by Gasteiger charge is 2.54. The molecular weight excluding hydrogens is 372 g/mol. The van der Waals surface area contributed by atoms with Crippen molar-refractivity contribution in [3.8, 4) is 0 Å². The second-order valence-corrected chi connectivity index (χ2v) is 8.86. The van der Waals surface area contributed by atoms with Gasteiger partial charge in [-0.05, 0) is 69.4 Å². The third kappa shape index (κ3) is 3.70. The number of carbonyl (C=O) groups is 2. The van der Waals surface area contributed by atoms with Gasteiger partial charge >= 0.3 is 0 Å². The Morgan fingerprint density at radius 3 is 2.71 bits per heavy atom. The van der Waals surface area contributed by atoms with Gasteiger partial charge in [0.05, 0.1) is 0 Å². The molecule has 28 heavy (non-hydrogen) atoms. The minimum Gasteiger partial charge on any atom is -0.347 e. The maximum atomic E-state index is 13.2. The van der Waals surface area contributed by atoms with E-state index in [0.29, 0.717) is 17.0 Å². The molecule has 0 radical (unpaired) electrons. The van der Waals surface area contributed by atoms with Crippen molar-refractivity contribution in [1.29, 1.82) is 0 Å². The smallest absolute Gasteiger partial charge is 0.251 e. The number of carbonyl (C=O) groups excluding carboxylic acids is 2. The molecule has 1 N–H and O–H groups in total. The normalized spacial score (nSPS) is 26.1. The van der Waals surface area contributed by atoms with Gasteiger partial charge in [-0.25, -0.2) is 0 Å². The van der Waals surface area contributed by atoms with Crippen LogP contribution >= 0.6 is 11.6 Å². The summed E-state index contributed by atoms with van der Waals surface area (Å²) in [7, 11) is 0. The molecule has 1 heterocycles. The van der Waals surface area contributed by atoms with Crippen LogP contribution in [0.15, 0.2) is 42.5 Å². The molecule has 2 saturated carbocycles. The molecule has 2 bridgehead atoms. The summed E-state index contributed by atoms with van der Waals surface area (Å²) in [5.74, 6) is 0.164. The van der Waals surface area contributed by atoms with E-state index >= 15 is 0 Å². The minimum absolute atomic E-state index is 0.104. The number of aromatic nitrogens is 1. The van der Waals surface area contributed by atoms with Gasteiger partial charge < -0.3 is 5.32 Å². The molecule has 2 unspecified atom stereocenters. The topological polar surface area (TPSA) is 59.1 Å². The lowest BCUT2D eigenvalue weighted by Gasteiger charge is -2.39. The maximum absolute atomic E-state index is 13.2. The van der Waals surface area contributed by atoms with Crippen molar-refractivity contribution < 1.29 is 9.59 Å². The fraction of sp³-hybridized carbons (Fsp3) is 0.435. The van der Waals surface area contributed by atoms with Crippen molar-refractivity contribution in [2.24, 2.45) is 5.41 Å². The molecule has 0 saturated heterocycles. The Hall–Kier alpha value is -2.20. The molecule has 5 heteroatoms. The predicted molar refractivity (Wildman–Crippen MR) is 109 cm³/mol. The molecule has 0 spiro atoms. The molecule has 146 valence electrons. The van der Waals surface area contributed by atoms with E-state index in [4.69, 9.17) is 11.6 Å². The lowest BCUT2D eigenvalue weighted by atomic mass is 9.69. The molecule has 1 amide bonds. The summed E-state index contributed by atoms with van der Waals surface area (Å²) < 4.78 is 0. The number of amides is 1. The van der Waals surface area contributed by atoms with Gasteiger partial charge in [-0.2, -0.15) is 0 Å². The number of fused-ring (bicyclic) bond motifs is 2. The molecule has 2 fully saturated rings. The quantitative estimate of drug-likeness (QED) is 0.798. The van der Waals surface area contributed by atoms with Gasteiger partial charge in [-0.15, -0.1) is 0 Å². The van der Waals surface area contributed by atoms with E-state index < -0.39 is 0 Å². The Balaban J connectivity index is 1.49. The van der Waals surface area contributed by atoms with Crippen molar-refractivity contribution in [3.05, 3.63) is 64.4 Å². The van der Waals surface area contributed by atoms with Crippen LogP contribution in [0.1, 0.15) is 60.3 Å². The SMILES string of the molecule is Cc1cccc(CC(=O)C23CCCC(NC(=O)c4cccc(Cl)c4)(CC2)C3)n1. The Bertz CT molecular complexity index is 928. The molecule has 2 aromatic rings. The number of halogens is 1. The molecule has 4 rings (SSSR count). The number of rotatable bonds is 5.